The SMILES string of the molecule is C=CCNS(=O)(=O)Cc1ccc(NC(=O)c2cccc(NC(=O)C3CC3)c2)cc1. The van der Waals surface area contributed by atoms with E-state index in [1.54, 1.807) is 48.5 Å². The van der Waals surface area contributed by atoms with Gasteiger partial charge in [0.05, 0.1) is 5.75 Å². The molecule has 0 aliphatic heterocycles. The molecule has 0 aromatic heterocycles. The molecule has 2 amide bonds. The second kappa shape index (κ2) is 9.02. The normalized spacial score (nSPS) is 13.5. The van der Waals surface area contributed by atoms with Crippen molar-refractivity contribution in [3.8, 4) is 0 Å². The number of nitrogens with one attached hydrogen (secondary N) is 3. The molecule has 8 heteroatoms. The lowest BCUT2D eigenvalue weighted by Gasteiger charge is -2.09. The van der Waals surface area contributed by atoms with Crippen LogP contribution in [0.2, 0.25) is 0 Å². The molecule has 1 saturated carbocycles. The molecule has 0 unspecified atom stereocenters. The quantitative estimate of drug-likeness (QED) is 0.550. The van der Waals surface area contributed by atoms with Crippen molar-refractivity contribution in [2.75, 3.05) is 17.2 Å². The Morgan fingerprint density at radius 1 is 1.03 bits per heavy atom. The third-order valence-electron chi connectivity index (χ3n) is 4.36. The van der Waals surface area contributed by atoms with Crippen molar-refractivity contribution in [3.05, 3.63) is 72.3 Å². The molecule has 0 saturated heterocycles. The number of anilines is 2. The van der Waals surface area contributed by atoms with Crippen molar-refractivity contribution in [1.29, 1.82) is 0 Å². The molecule has 2 aromatic rings. The van der Waals surface area contributed by atoms with E-state index in [2.05, 4.69) is 21.9 Å². The van der Waals surface area contributed by atoms with Crippen LogP contribution in [0.25, 0.3) is 0 Å². The van der Waals surface area contributed by atoms with Crippen molar-refractivity contribution in [2.45, 2.75) is 18.6 Å². The van der Waals surface area contributed by atoms with E-state index in [9.17, 15) is 18.0 Å². The standard InChI is InChI=1S/C21H23N3O4S/c1-2-12-22-29(27,28)14-15-6-10-18(11-7-15)23-21(26)17-4-3-5-19(13-17)24-20(25)16-8-9-16/h2-7,10-11,13,16,22H,1,8-9,12,14H2,(H,23,26)(H,24,25). The molecular formula is C21H23N3O4S. The van der Waals surface area contributed by atoms with E-state index in [1.165, 1.54) is 6.08 Å². The number of rotatable bonds is 9. The fourth-order valence-electron chi connectivity index (χ4n) is 2.67. The van der Waals surface area contributed by atoms with E-state index >= 15 is 0 Å². The van der Waals surface area contributed by atoms with Gasteiger partial charge in [-0.1, -0.05) is 24.3 Å². The van der Waals surface area contributed by atoms with Gasteiger partial charge in [0.15, 0.2) is 0 Å². The number of hydrogen-bond acceptors (Lipinski definition) is 4. The summed E-state index contributed by atoms with van der Waals surface area (Å²) in [7, 11) is -3.44. The smallest absolute Gasteiger partial charge is 0.255 e. The first-order chi connectivity index (χ1) is 13.9. The van der Waals surface area contributed by atoms with E-state index in [1.807, 2.05) is 0 Å². The minimum atomic E-state index is -3.44. The topological polar surface area (TPSA) is 104 Å². The van der Waals surface area contributed by atoms with Gasteiger partial charge in [0.25, 0.3) is 5.91 Å². The second-order valence-corrected chi connectivity index (χ2v) is 8.70. The van der Waals surface area contributed by atoms with Crippen molar-refractivity contribution >= 4 is 33.2 Å². The highest BCUT2D eigenvalue weighted by molar-refractivity contribution is 7.88. The van der Waals surface area contributed by atoms with Gasteiger partial charge in [0.2, 0.25) is 15.9 Å². The van der Waals surface area contributed by atoms with Crippen molar-refractivity contribution in [3.63, 3.8) is 0 Å². The third-order valence-corrected chi connectivity index (χ3v) is 5.68. The Kier molecular flexibility index (Phi) is 6.46. The fraction of sp³-hybridized carbons (Fsp3) is 0.238. The molecule has 0 bridgehead atoms. The minimum Gasteiger partial charge on any atom is -0.326 e. The van der Waals surface area contributed by atoms with Gasteiger partial charge in [-0.05, 0) is 48.7 Å². The maximum Gasteiger partial charge on any atom is 0.255 e. The van der Waals surface area contributed by atoms with Crippen LogP contribution in [0.15, 0.2) is 61.2 Å². The first-order valence-electron chi connectivity index (χ1n) is 9.26. The van der Waals surface area contributed by atoms with E-state index in [-0.39, 0.29) is 30.0 Å². The number of amides is 2. The van der Waals surface area contributed by atoms with Crippen molar-refractivity contribution in [2.24, 2.45) is 5.92 Å². The first-order valence-corrected chi connectivity index (χ1v) is 10.9. The molecule has 29 heavy (non-hydrogen) atoms. The van der Waals surface area contributed by atoms with Crippen LogP contribution in [0.4, 0.5) is 11.4 Å². The number of benzene rings is 2. The van der Waals surface area contributed by atoms with E-state index in [0.717, 1.165) is 12.8 Å². The lowest BCUT2D eigenvalue weighted by Crippen LogP contribution is -2.25. The Morgan fingerprint density at radius 3 is 2.41 bits per heavy atom. The van der Waals surface area contributed by atoms with E-state index in [4.69, 9.17) is 0 Å². The highest BCUT2D eigenvalue weighted by Crippen LogP contribution is 2.30. The molecule has 7 nitrogen and oxygen atoms in total. The number of hydrogen-bond donors (Lipinski definition) is 3. The average Bonchev–Trinajstić information content (AvgIpc) is 3.53. The average molecular weight is 413 g/mol. The monoisotopic (exact) mass is 413 g/mol. The summed E-state index contributed by atoms with van der Waals surface area (Å²) < 4.78 is 26.2. The fourth-order valence-corrected chi connectivity index (χ4v) is 3.78. The molecule has 2 aromatic carbocycles. The van der Waals surface area contributed by atoms with Crippen LogP contribution >= 0.6 is 0 Å². The molecule has 0 spiro atoms. The summed E-state index contributed by atoms with van der Waals surface area (Å²) in [5.74, 6) is -0.407. The maximum absolute atomic E-state index is 12.5. The van der Waals surface area contributed by atoms with Crippen molar-refractivity contribution in [1.82, 2.24) is 4.72 Å². The second-order valence-electron chi connectivity index (χ2n) is 6.89. The Morgan fingerprint density at radius 2 is 1.76 bits per heavy atom. The minimum absolute atomic E-state index is 0.0179. The van der Waals surface area contributed by atoms with E-state index in [0.29, 0.717) is 22.5 Å². The van der Waals surface area contributed by atoms with Gasteiger partial charge in [0, 0.05) is 29.4 Å². The van der Waals surface area contributed by atoms with Gasteiger partial charge in [-0.3, -0.25) is 9.59 Å². The molecule has 0 atom stereocenters. The molecule has 1 fully saturated rings. The molecule has 3 N–H and O–H groups in total. The summed E-state index contributed by atoms with van der Waals surface area (Å²) in [5, 5.41) is 5.59. The van der Waals surface area contributed by atoms with Crippen LogP contribution in [-0.4, -0.2) is 26.8 Å². The van der Waals surface area contributed by atoms with Crippen molar-refractivity contribution < 1.29 is 18.0 Å². The lowest BCUT2D eigenvalue weighted by molar-refractivity contribution is -0.117. The summed E-state index contributed by atoms with van der Waals surface area (Å²) in [4.78, 5) is 24.4. The summed E-state index contributed by atoms with van der Waals surface area (Å²) >= 11 is 0. The van der Waals surface area contributed by atoms with Crippen LogP contribution < -0.4 is 15.4 Å². The van der Waals surface area contributed by atoms with Gasteiger partial charge < -0.3 is 10.6 Å². The van der Waals surface area contributed by atoms with Crippen LogP contribution in [0.1, 0.15) is 28.8 Å². The largest absolute Gasteiger partial charge is 0.326 e. The maximum atomic E-state index is 12.5. The predicted octanol–water partition coefficient (Wildman–Crippen LogP) is 2.89. The summed E-state index contributed by atoms with van der Waals surface area (Å²) in [6.45, 7) is 3.65. The molecule has 1 aliphatic rings. The summed E-state index contributed by atoms with van der Waals surface area (Å²) in [6.07, 6.45) is 3.30. The van der Waals surface area contributed by atoms with Gasteiger partial charge in [-0.25, -0.2) is 13.1 Å². The lowest BCUT2D eigenvalue weighted by atomic mass is 10.1. The summed E-state index contributed by atoms with van der Waals surface area (Å²) in [5.41, 5.74) is 2.15. The van der Waals surface area contributed by atoms with Gasteiger partial charge in [-0.15, -0.1) is 6.58 Å². The number of carbonyl (C=O) groups is 2. The third kappa shape index (κ3) is 6.27. The van der Waals surface area contributed by atoms with Crippen LogP contribution in [0, 0.1) is 5.92 Å². The highest BCUT2D eigenvalue weighted by Gasteiger charge is 2.29. The Labute approximate surface area is 170 Å². The first kappa shape index (κ1) is 20.8. The Balaban J connectivity index is 1.60. The molecule has 3 rings (SSSR count). The van der Waals surface area contributed by atoms with Gasteiger partial charge in [0.1, 0.15) is 0 Å². The highest BCUT2D eigenvalue weighted by atomic mass is 32.2. The van der Waals surface area contributed by atoms with E-state index < -0.39 is 10.0 Å². The molecule has 152 valence electrons. The molecule has 0 radical (unpaired) electrons. The number of sulfonamides is 1. The molecular weight excluding hydrogens is 390 g/mol. The van der Waals surface area contributed by atoms with Gasteiger partial charge >= 0.3 is 0 Å². The van der Waals surface area contributed by atoms with Crippen LogP contribution in [-0.2, 0) is 20.6 Å². The zero-order chi connectivity index (χ0) is 20.9. The molecule has 1 aliphatic carbocycles. The van der Waals surface area contributed by atoms with Gasteiger partial charge in [-0.2, -0.15) is 0 Å². The Hall–Kier alpha value is -2.97. The molecule has 0 heterocycles. The van der Waals surface area contributed by atoms with Crippen LogP contribution in [0.3, 0.4) is 0 Å². The summed E-state index contributed by atoms with van der Waals surface area (Å²) in [6, 6.07) is 13.3. The van der Waals surface area contributed by atoms with Crippen LogP contribution in [0.5, 0.6) is 0 Å². The zero-order valence-corrected chi connectivity index (χ0v) is 16.7. The Bertz CT molecular complexity index is 1010. The number of carbonyl (C=O) groups excluding carboxylic acids is 2. The predicted molar refractivity (Wildman–Crippen MR) is 113 cm³/mol. The zero-order valence-electron chi connectivity index (χ0n) is 15.9.